The Hall–Kier alpha value is -0.720. The quantitative estimate of drug-likeness (QED) is 0.866. The molecule has 0 unspecified atom stereocenters. The summed E-state index contributed by atoms with van der Waals surface area (Å²) >= 11 is 1.48. The number of anilines is 1. The van der Waals surface area contributed by atoms with E-state index in [1.165, 1.54) is 37.3 Å². The largest absolute Gasteiger partial charge is 0.374 e. The normalized spacial score (nSPS) is 19.0. The van der Waals surface area contributed by atoms with Crippen molar-refractivity contribution in [2.45, 2.75) is 19.4 Å². The Labute approximate surface area is 107 Å². The number of hydrogen-bond acceptors (Lipinski definition) is 6. The summed E-state index contributed by atoms with van der Waals surface area (Å²) in [6, 6.07) is 0. The topological polar surface area (TPSA) is 58.3 Å². The average Bonchev–Trinajstić information content (AvgIpc) is 2.67. The lowest BCUT2D eigenvalue weighted by molar-refractivity contribution is 0.173. The number of rotatable bonds is 4. The van der Waals surface area contributed by atoms with Crippen molar-refractivity contribution in [1.29, 1.82) is 0 Å². The molecule has 1 aliphatic rings. The summed E-state index contributed by atoms with van der Waals surface area (Å²) in [4.78, 5) is 4.73. The van der Waals surface area contributed by atoms with Crippen LogP contribution in [0.3, 0.4) is 0 Å². The van der Waals surface area contributed by atoms with Crippen molar-refractivity contribution < 1.29 is 0 Å². The summed E-state index contributed by atoms with van der Waals surface area (Å²) in [6.07, 6.45) is 2.61. The zero-order valence-corrected chi connectivity index (χ0v) is 11.4. The summed E-state index contributed by atoms with van der Waals surface area (Å²) in [5, 5.41) is 9.47. The first-order chi connectivity index (χ1) is 8.13. The molecule has 0 saturated carbocycles. The fourth-order valence-electron chi connectivity index (χ4n) is 2.31. The zero-order valence-electron chi connectivity index (χ0n) is 10.6. The van der Waals surface area contributed by atoms with Crippen LogP contribution >= 0.6 is 11.3 Å². The summed E-state index contributed by atoms with van der Waals surface area (Å²) in [5.41, 5.74) is 5.57. The summed E-state index contributed by atoms with van der Waals surface area (Å²) in [6.45, 7) is 4.46. The van der Waals surface area contributed by atoms with Crippen LogP contribution in [0.15, 0.2) is 0 Å². The third-order valence-corrected chi connectivity index (χ3v) is 4.03. The highest BCUT2D eigenvalue weighted by Crippen LogP contribution is 2.18. The van der Waals surface area contributed by atoms with Crippen LogP contribution in [0.25, 0.3) is 0 Å². The van der Waals surface area contributed by atoms with Crippen molar-refractivity contribution in [2.75, 3.05) is 39.5 Å². The van der Waals surface area contributed by atoms with Crippen LogP contribution in [-0.4, -0.2) is 53.7 Å². The molecule has 0 bridgehead atoms. The highest BCUT2D eigenvalue weighted by atomic mass is 32.1. The fraction of sp³-hybridized carbons (Fsp3) is 0.818. The van der Waals surface area contributed by atoms with E-state index in [1.807, 2.05) is 0 Å². The van der Waals surface area contributed by atoms with Crippen molar-refractivity contribution in [1.82, 2.24) is 20.0 Å². The molecule has 5 nitrogen and oxygen atoms in total. The maximum Gasteiger partial charge on any atom is 0.203 e. The van der Waals surface area contributed by atoms with Gasteiger partial charge in [0.25, 0.3) is 0 Å². The molecule has 0 radical (unpaired) electrons. The molecule has 0 aromatic carbocycles. The highest BCUT2D eigenvalue weighted by Gasteiger charge is 2.18. The lowest BCUT2D eigenvalue weighted by atomic mass is 9.97. The van der Waals surface area contributed by atoms with Crippen molar-refractivity contribution in [3.63, 3.8) is 0 Å². The molecular weight excluding hydrogens is 234 g/mol. The van der Waals surface area contributed by atoms with E-state index >= 15 is 0 Å². The van der Waals surface area contributed by atoms with Gasteiger partial charge in [0.1, 0.15) is 5.01 Å². The molecule has 1 fully saturated rings. The molecule has 1 aromatic heterocycles. The third-order valence-electron chi connectivity index (χ3n) is 3.30. The average molecular weight is 255 g/mol. The Bertz CT molecular complexity index is 345. The van der Waals surface area contributed by atoms with Gasteiger partial charge in [-0.25, -0.2) is 0 Å². The molecule has 0 aliphatic carbocycles. The van der Waals surface area contributed by atoms with Crippen LogP contribution in [0.1, 0.15) is 17.8 Å². The molecule has 2 heterocycles. The van der Waals surface area contributed by atoms with Gasteiger partial charge in [0, 0.05) is 6.54 Å². The van der Waals surface area contributed by atoms with Crippen molar-refractivity contribution in [3.05, 3.63) is 5.01 Å². The molecule has 17 heavy (non-hydrogen) atoms. The van der Waals surface area contributed by atoms with Gasteiger partial charge in [-0.3, -0.25) is 4.90 Å². The Balaban J connectivity index is 1.75. The maximum atomic E-state index is 5.57. The van der Waals surface area contributed by atoms with Crippen molar-refractivity contribution >= 4 is 16.5 Å². The van der Waals surface area contributed by atoms with Gasteiger partial charge in [0.2, 0.25) is 5.13 Å². The van der Waals surface area contributed by atoms with Crippen LogP contribution in [0.5, 0.6) is 0 Å². The van der Waals surface area contributed by atoms with Gasteiger partial charge in [-0.1, -0.05) is 11.3 Å². The standard InChI is InChI=1S/C11H21N5S/c1-15-5-3-9(4-6-15)7-16(2)8-10-13-14-11(12)17-10/h9H,3-8H2,1-2H3,(H2,12,14). The zero-order chi connectivity index (χ0) is 12.3. The minimum atomic E-state index is 0.563. The minimum Gasteiger partial charge on any atom is -0.374 e. The third kappa shape index (κ3) is 3.90. The number of nitrogen functional groups attached to an aromatic ring is 1. The van der Waals surface area contributed by atoms with Gasteiger partial charge in [0.05, 0.1) is 6.54 Å². The Morgan fingerprint density at radius 1 is 1.41 bits per heavy atom. The highest BCUT2D eigenvalue weighted by molar-refractivity contribution is 7.15. The number of hydrogen-bond donors (Lipinski definition) is 1. The first-order valence-corrected chi connectivity index (χ1v) is 6.90. The molecule has 2 rings (SSSR count). The van der Waals surface area contributed by atoms with Gasteiger partial charge >= 0.3 is 0 Å². The molecule has 1 saturated heterocycles. The summed E-state index contributed by atoms with van der Waals surface area (Å²) < 4.78 is 0. The fourth-order valence-corrected chi connectivity index (χ4v) is 3.00. The van der Waals surface area contributed by atoms with Gasteiger partial charge < -0.3 is 10.6 Å². The Kier molecular flexibility index (Phi) is 4.31. The number of piperidine rings is 1. The lowest BCUT2D eigenvalue weighted by Gasteiger charge is -2.31. The number of aromatic nitrogens is 2. The van der Waals surface area contributed by atoms with Crippen LogP contribution in [0.2, 0.25) is 0 Å². The van der Waals surface area contributed by atoms with E-state index in [4.69, 9.17) is 5.73 Å². The molecule has 96 valence electrons. The van der Waals surface area contributed by atoms with E-state index in [1.54, 1.807) is 0 Å². The predicted molar refractivity (Wildman–Crippen MR) is 70.9 cm³/mol. The first-order valence-electron chi connectivity index (χ1n) is 6.08. The van der Waals surface area contributed by atoms with Crippen LogP contribution < -0.4 is 5.73 Å². The van der Waals surface area contributed by atoms with E-state index in [0.717, 1.165) is 24.0 Å². The predicted octanol–water partition coefficient (Wildman–Crippen LogP) is 0.894. The van der Waals surface area contributed by atoms with Crippen molar-refractivity contribution in [2.24, 2.45) is 5.92 Å². The number of nitrogens with zero attached hydrogens (tertiary/aromatic N) is 4. The molecule has 2 N–H and O–H groups in total. The second-order valence-electron chi connectivity index (χ2n) is 4.98. The molecule has 0 atom stereocenters. The SMILES string of the molecule is CN1CCC(CN(C)Cc2nnc(N)s2)CC1. The summed E-state index contributed by atoms with van der Waals surface area (Å²) in [7, 11) is 4.35. The second kappa shape index (κ2) is 5.75. The maximum absolute atomic E-state index is 5.57. The molecule has 1 aromatic rings. The molecular formula is C11H21N5S. The molecule has 1 aliphatic heterocycles. The van der Waals surface area contributed by atoms with Crippen LogP contribution in [-0.2, 0) is 6.54 Å². The van der Waals surface area contributed by atoms with E-state index in [2.05, 4.69) is 34.1 Å². The number of nitrogens with two attached hydrogens (primary N) is 1. The minimum absolute atomic E-state index is 0.563. The van der Waals surface area contributed by atoms with Crippen LogP contribution in [0, 0.1) is 5.92 Å². The Morgan fingerprint density at radius 3 is 2.71 bits per heavy atom. The van der Waals surface area contributed by atoms with Gasteiger partial charge in [-0.15, -0.1) is 10.2 Å². The van der Waals surface area contributed by atoms with Crippen LogP contribution in [0.4, 0.5) is 5.13 Å². The lowest BCUT2D eigenvalue weighted by Crippen LogP contribution is -2.35. The van der Waals surface area contributed by atoms with Gasteiger partial charge in [0.15, 0.2) is 0 Å². The van der Waals surface area contributed by atoms with E-state index in [-0.39, 0.29) is 0 Å². The molecule has 0 spiro atoms. The summed E-state index contributed by atoms with van der Waals surface area (Å²) in [5.74, 6) is 0.821. The van der Waals surface area contributed by atoms with E-state index < -0.39 is 0 Å². The number of likely N-dealkylation sites (tertiary alicyclic amines) is 1. The van der Waals surface area contributed by atoms with Crippen molar-refractivity contribution in [3.8, 4) is 0 Å². The van der Waals surface area contributed by atoms with E-state index in [0.29, 0.717) is 5.13 Å². The second-order valence-corrected chi connectivity index (χ2v) is 6.07. The monoisotopic (exact) mass is 255 g/mol. The molecule has 6 heteroatoms. The molecule has 0 amide bonds. The van der Waals surface area contributed by atoms with Gasteiger partial charge in [-0.2, -0.15) is 0 Å². The Morgan fingerprint density at radius 2 is 2.12 bits per heavy atom. The first kappa shape index (κ1) is 12.7. The smallest absolute Gasteiger partial charge is 0.203 e. The van der Waals surface area contributed by atoms with Gasteiger partial charge in [-0.05, 0) is 45.9 Å². The van der Waals surface area contributed by atoms with E-state index in [9.17, 15) is 0 Å².